The number of rotatable bonds is 7. The van der Waals surface area contributed by atoms with Gasteiger partial charge in [0.2, 0.25) is 11.0 Å². The molecule has 6 nitrogen and oxygen atoms in total. The van der Waals surface area contributed by atoms with E-state index < -0.39 is 0 Å². The third-order valence-electron chi connectivity index (χ3n) is 4.25. The number of hydrogen-bond acceptors (Lipinski definition) is 6. The Balaban J connectivity index is 1.66. The number of carbonyl (C=O) groups excluding carboxylic acids is 2. The molecule has 1 amide bonds. The lowest BCUT2D eigenvalue weighted by molar-refractivity contribution is -0.119. The number of Topliss-reactive ketones (excluding diaryl/α,β-unsaturated/α-hetero) is 1. The van der Waals surface area contributed by atoms with Crippen LogP contribution in [0.25, 0.3) is 5.57 Å². The second-order valence-electron chi connectivity index (χ2n) is 6.53. The van der Waals surface area contributed by atoms with Crippen LogP contribution in [-0.4, -0.2) is 47.4 Å². The van der Waals surface area contributed by atoms with Crippen LogP contribution in [0.2, 0.25) is 0 Å². The summed E-state index contributed by atoms with van der Waals surface area (Å²) >= 11 is 1.38. The third-order valence-corrected chi connectivity index (χ3v) is 5.15. The van der Waals surface area contributed by atoms with Gasteiger partial charge in [-0.25, -0.2) is 0 Å². The van der Waals surface area contributed by atoms with Crippen LogP contribution < -0.4 is 5.32 Å². The summed E-state index contributed by atoms with van der Waals surface area (Å²) < 4.78 is 0. The van der Waals surface area contributed by atoms with E-state index in [4.69, 9.17) is 0 Å². The first-order valence-electron chi connectivity index (χ1n) is 8.60. The molecule has 2 aromatic rings. The molecule has 1 heterocycles. The summed E-state index contributed by atoms with van der Waals surface area (Å²) in [6.07, 6.45) is 2.04. The van der Waals surface area contributed by atoms with Gasteiger partial charge in [0.1, 0.15) is 5.01 Å². The number of amides is 1. The highest BCUT2D eigenvalue weighted by Gasteiger charge is 2.26. The van der Waals surface area contributed by atoms with E-state index in [1.165, 1.54) is 11.3 Å². The molecular weight excluding hydrogens is 348 g/mol. The van der Waals surface area contributed by atoms with E-state index in [-0.39, 0.29) is 18.1 Å². The second-order valence-corrected chi connectivity index (χ2v) is 7.59. The van der Waals surface area contributed by atoms with Crippen molar-refractivity contribution in [1.29, 1.82) is 0 Å². The number of ketones is 1. The molecule has 1 aromatic carbocycles. The molecule has 7 heteroatoms. The molecule has 1 aliphatic rings. The largest absolute Gasteiger partial charge is 0.309 e. The minimum atomic E-state index is -0.223. The topological polar surface area (TPSA) is 75.2 Å². The fourth-order valence-corrected chi connectivity index (χ4v) is 3.66. The van der Waals surface area contributed by atoms with Gasteiger partial charge < -0.3 is 10.2 Å². The minimum Gasteiger partial charge on any atom is -0.309 e. The quantitative estimate of drug-likeness (QED) is 0.811. The zero-order valence-electron chi connectivity index (χ0n) is 15.0. The molecule has 3 rings (SSSR count). The maximum atomic E-state index is 12.4. The first-order valence-corrected chi connectivity index (χ1v) is 9.42. The Labute approximate surface area is 156 Å². The Morgan fingerprint density at radius 2 is 1.96 bits per heavy atom. The highest BCUT2D eigenvalue weighted by atomic mass is 32.1. The van der Waals surface area contributed by atoms with Crippen molar-refractivity contribution in [3.05, 3.63) is 46.5 Å². The third kappa shape index (κ3) is 4.62. The normalized spacial score (nSPS) is 14.3. The summed E-state index contributed by atoms with van der Waals surface area (Å²) in [6, 6.07) is 9.79. The summed E-state index contributed by atoms with van der Waals surface area (Å²) in [7, 11) is 4.00. The molecule has 0 spiro atoms. The van der Waals surface area contributed by atoms with Crippen LogP contribution in [0.4, 0.5) is 5.13 Å². The number of allylic oxidation sites excluding steroid dienone is 1. The van der Waals surface area contributed by atoms with E-state index in [1.54, 1.807) is 0 Å². The maximum Gasteiger partial charge on any atom is 0.230 e. The summed E-state index contributed by atoms with van der Waals surface area (Å²) in [5.74, 6) is -0.165. The van der Waals surface area contributed by atoms with Crippen LogP contribution in [0.3, 0.4) is 0 Å². The Morgan fingerprint density at radius 3 is 2.69 bits per heavy atom. The SMILES string of the molecule is CN(C)CCc1nnc(NC(=O)CC2=C(c3ccccc3)CCC2=O)s1. The molecular formula is C19H22N4O2S. The van der Waals surface area contributed by atoms with Gasteiger partial charge in [0, 0.05) is 25.0 Å². The Morgan fingerprint density at radius 1 is 1.19 bits per heavy atom. The van der Waals surface area contributed by atoms with Crippen LogP contribution in [0.5, 0.6) is 0 Å². The molecule has 136 valence electrons. The van der Waals surface area contributed by atoms with E-state index in [2.05, 4.69) is 20.4 Å². The number of anilines is 1. The summed E-state index contributed by atoms with van der Waals surface area (Å²) in [5, 5.41) is 12.3. The predicted molar refractivity (Wildman–Crippen MR) is 103 cm³/mol. The van der Waals surface area contributed by atoms with E-state index in [1.807, 2.05) is 44.4 Å². The molecule has 0 radical (unpaired) electrons. The number of benzene rings is 1. The van der Waals surface area contributed by atoms with Crippen molar-refractivity contribution in [2.45, 2.75) is 25.7 Å². The summed E-state index contributed by atoms with van der Waals surface area (Å²) in [4.78, 5) is 26.7. The van der Waals surface area contributed by atoms with Gasteiger partial charge in [-0.3, -0.25) is 9.59 Å². The minimum absolute atomic E-state index is 0.0583. The molecule has 0 unspecified atom stereocenters. The van der Waals surface area contributed by atoms with Gasteiger partial charge in [0.15, 0.2) is 5.78 Å². The van der Waals surface area contributed by atoms with Gasteiger partial charge >= 0.3 is 0 Å². The van der Waals surface area contributed by atoms with Crippen molar-refractivity contribution in [2.75, 3.05) is 26.0 Å². The van der Waals surface area contributed by atoms with Crippen molar-refractivity contribution < 1.29 is 9.59 Å². The molecule has 0 saturated carbocycles. The molecule has 1 N–H and O–H groups in total. The number of aromatic nitrogens is 2. The lowest BCUT2D eigenvalue weighted by Gasteiger charge is -2.07. The molecule has 1 aromatic heterocycles. The Bertz CT molecular complexity index is 827. The van der Waals surface area contributed by atoms with Gasteiger partial charge in [-0.1, -0.05) is 41.7 Å². The predicted octanol–water partition coefficient (Wildman–Crippen LogP) is 2.79. The lowest BCUT2D eigenvalue weighted by Crippen LogP contribution is -2.14. The average Bonchev–Trinajstić information content (AvgIpc) is 3.21. The average molecular weight is 370 g/mol. The van der Waals surface area contributed by atoms with Crippen LogP contribution in [0.1, 0.15) is 29.8 Å². The molecule has 0 fully saturated rings. The van der Waals surface area contributed by atoms with E-state index >= 15 is 0 Å². The van der Waals surface area contributed by atoms with Gasteiger partial charge in [0.05, 0.1) is 6.42 Å². The standard InChI is InChI=1S/C19H22N4O2S/c1-23(2)11-10-18-21-22-19(26-18)20-17(25)12-15-14(8-9-16(15)24)13-6-4-3-5-7-13/h3-7H,8-12H2,1-2H3,(H,20,22,25). The van der Waals surface area contributed by atoms with Crippen LogP contribution in [-0.2, 0) is 16.0 Å². The molecule has 0 atom stereocenters. The van der Waals surface area contributed by atoms with E-state index in [9.17, 15) is 9.59 Å². The Kier molecular flexibility index (Phi) is 5.90. The summed E-state index contributed by atoms with van der Waals surface area (Å²) in [6.45, 7) is 0.879. The zero-order valence-corrected chi connectivity index (χ0v) is 15.8. The monoisotopic (exact) mass is 370 g/mol. The maximum absolute atomic E-state index is 12.4. The van der Waals surface area contributed by atoms with E-state index in [0.717, 1.165) is 29.1 Å². The van der Waals surface area contributed by atoms with Crippen molar-refractivity contribution in [1.82, 2.24) is 15.1 Å². The van der Waals surface area contributed by atoms with Crippen LogP contribution in [0.15, 0.2) is 35.9 Å². The van der Waals surface area contributed by atoms with Crippen molar-refractivity contribution in [3.63, 3.8) is 0 Å². The smallest absolute Gasteiger partial charge is 0.230 e. The van der Waals surface area contributed by atoms with Crippen LogP contribution in [0, 0.1) is 0 Å². The van der Waals surface area contributed by atoms with Gasteiger partial charge in [-0.05, 0) is 31.7 Å². The fraction of sp³-hybridized carbons (Fsp3) is 0.368. The number of nitrogens with zero attached hydrogens (tertiary/aromatic N) is 3. The highest BCUT2D eigenvalue weighted by Crippen LogP contribution is 2.33. The molecule has 26 heavy (non-hydrogen) atoms. The van der Waals surface area contributed by atoms with Crippen molar-refractivity contribution in [2.24, 2.45) is 0 Å². The highest BCUT2D eigenvalue weighted by molar-refractivity contribution is 7.15. The number of hydrogen-bond donors (Lipinski definition) is 1. The molecule has 0 saturated heterocycles. The number of likely N-dealkylation sites (N-methyl/N-ethyl adjacent to an activating group) is 1. The van der Waals surface area contributed by atoms with Gasteiger partial charge in [-0.15, -0.1) is 10.2 Å². The molecule has 1 aliphatic carbocycles. The molecule has 0 bridgehead atoms. The molecule has 0 aliphatic heterocycles. The lowest BCUT2D eigenvalue weighted by atomic mass is 10.00. The number of nitrogens with one attached hydrogen (secondary N) is 1. The first kappa shape index (κ1) is 18.4. The number of carbonyl (C=O) groups is 2. The Hall–Kier alpha value is -2.38. The zero-order chi connectivity index (χ0) is 18.5. The summed E-state index contributed by atoms with van der Waals surface area (Å²) in [5.41, 5.74) is 2.61. The van der Waals surface area contributed by atoms with E-state index in [0.29, 0.717) is 23.5 Å². The second kappa shape index (κ2) is 8.33. The van der Waals surface area contributed by atoms with Crippen molar-refractivity contribution in [3.8, 4) is 0 Å². The first-order chi connectivity index (χ1) is 12.5. The van der Waals surface area contributed by atoms with Gasteiger partial charge in [-0.2, -0.15) is 0 Å². The van der Waals surface area contributed by atoms with Crippen LogP contribution >= 0.6 is 11.3 Å². The fourth-order valence-electron chi connectivity index (χ4n) is 2.92. The van der Waals surface area contributed by atoms with Crippen molar-refractivity contribution >= 4 is 33.7 Å². The van der Waals surface area contributed by atoms with Gasteiger partial charge in [0.25, 0.3) is 0 Å².